The lowest BCUT2D eigenvalue weighted by Gasteiger charge is -2.07. The van der Waals surface area contributed by atoms with E-state index in [2.05, 4.69) is 77.8 Å². The van der Waals surface area contributed by atoms with E-state index >= 15 is 0 Å². The molecule has 0 aliphatic heterocycles. The molecule has 0 saturated heterocycles. The fourth-order valence-corrected chi connectivity index (χ4v) is 5.16. The molecule has 0 atom stereocenters. The summed E-state index contributed by atoms with van der Waals surface area (Å²) in [7, 11) is 0. The van der Waals surface area contributed by atoms with Gasteiger partial charge in [0.1, 0.15) is 0 Å². The van der Waals surface area contributed by atoms with Crippen molar-refractivity contribution in [3.05, 3.63) is 78.9 Å². The van der Waals surface area contributed by atoms with E-state index < -0.39 is 0 Å². The van der Waals surface area contributed by atoms with E-state index in [9.17, 15) is 0 Å². The number of nitrogens with one attached hydrogen (secondary N) is 1. The van der Waals surface area contributed by atoms with Crippen molar-refractivity contribution < 1.29 is 0 Å². The van der Waals surface area contributed by atoms with Crippen LogP contribution in [0.15, 0.2) is 78.9 Å². The first-order valence-electron chi connectivity index (χ1n) is 8.67. The molecule has 26 heavy (non-hydrogen) atoms. The van der Waals surface area contributed by atoms with E-state index in [-0.39, 0.29) is 0 Å². The van der Waals surface area contributed by atoms with Crippen LogP contribution >= 0.6 is 11.3 Å². The topological polar surface area (TPSA) is 28.7 Å². The maximum atomic E-state index is 5.05. The van der Waals surface area contributed by atoms with Gasteiger partial charge in [-0.15, -0.1) is 11.3 Å². The highest BCUT2D eigenvalue weighted by Crippen LogP contribution is 2.44. The minimum Gasteiger partial charge on any atom is -0.353 e. The van der Waals surface area contributed by atoms with Gasteiger partial charge < -0.3 is 4.98 Å². The highest BCUT2D eigenvalue weighted by atomic mass is 32.1. The number of para-hydroxylation sites is 2. The van der Waals surface area contributed by atoms with Gasteiger partial charge in [-0.25, -0.2) is 4.98 Å². The highest BCUT2D eigenvalue weighted by molar-refractivity contribution is 7.27. The number of fused-ring (bicyclic) bond motifs is 7. The summed E-state index contributed by atoms with van der Waals surface area (Å²) < 4.78 is 2.62. The molecule has 0 spiro atoms. The Hall–Kier alpha value is -3.17. The molecule has 6 rings (SSSR count). The number of aromatic nitrogens is 2. The minimum absolute atomic E-state index is 1.05. The normalized spacial score (nSPS) is 11.8. The van der Waals surface area contributed by atoms with Gasteiger partial charge >= 0.3 is 0 Å². The second-order valence-corrected chi connectivity index (χ2v) is 7.55. The van der Waals surface area contributed by atoms with Crippen molar-refractivity contribution in [3.8, 4) is 11.3 Å². The largest absolute Gasteiger partial charge is 0.353 e. The number of nitrogens with zero attached hydrogens (tertiary/aromatic N) is 1. The number of pyridine rings is 1. The van der Waals surface area contributed by atoms with E-state index in [0.717, 1.165) is 16.8 Å². The van der Waals surface area contributed by atoms with Gasteiger partial charge in [0.25, 0.3) is 0 Å². The monoisotopic (exact) mass is 350 g/mol. The smallest absolute Gasteiger partial charge is 0.0817 e. The Morgan fingerprint density at radius 2 is 1.42 bits per heavy atom. The molecule has 0 bridgehead atoms. The Bertz CT molecular complexity index is 1420. The van der Waals surface area contributed by atoms with Crippen LogP contribution in [0.1, 0.15) is 0 Å². The molecular formula is C23H14N2S. The second-order valence-electron chi connectivity index (χ2n) is 6.52. The van der Waals surface area contributed by atoms with Crippen molar-refractivity contribution in [1.82, 2.24) is 9.97 Å². The molecule has 3 aromatic heterocycles. The van der Waals surface area contributed by atoms with Crippen LogP contribution in [0.5, 0.6) is 0 Å². The summed E-state index contributed by atoms with van der Waals surface area (Å²) in [5.41, 5.74) is 5.64. The van der Waals surface area contributed by atoms with Gasteiger partial charge in [-0.05, 0) is 12.1 Å². The number of thiophene rings is 1. The summed E-state index contributed by atoms with van der Waals surface area (Å²) in [6, 6.07) is 27.4. The van der Waals surface area contributed by atoms with Gasteiger partial charge in [-0.1, -0.05) is 66.7 Å². The van der Waals surface area contributed by atoms with Crippen LogP contribution < -0.4 is 0 Å². The van der Waals surface area contributed by atoms with E-state index in [0.29, 0.717) is 0 Å². The molecule has 0 saturated carbocycles. The summed E-state index contributed by atoms with van der Waals surface area (Å²) in [6.07, 6.45) is 0. The standard InChI is InChI=1S/C23H14N2S/c1-2-8-14(9-3-1)20-19-21-23(16-11-5-7-13-18(16)25-21)26-22(19)15-10-4-6-12-17(15)24-20/h1-13,25H. The molecule has 3 aromatic carbocycles. The summed E-state index contributed by atoms with van der Waals surface area (Å²) in [4.78, 5) is 8.70. The zero-order valence-electron chi connectivity index (χ0n) is 13.9. The molecule has 0 fully saturated rings. The quantitative estimate of drug-likeness (QED) is 0.349. The first-order chi connectivity index (χ1) is 12.9. The zero-order valence-corrected chi connectivity index (χ0v) is 14.7. The number of hydrogen-bond donors (Lipinski definition) is 1. The Balaban J connectivity index is 1.89. The van der Waals surface area contributed by atoms with E-state index in [1.54, 1.807) is 0 Å². The van der Waals surface area contributed by atoms with Crippen molar-refractivity contribution in [3.63, 3.8) is 0 Å². The SMILES string of the molecule is c1ccc(-c2nc3ccccc3c3sc4c5ccccc5[nH]c4c23)cc1. The molecule has 122 valence electrons. The van der Waals surface area contributed by atoms with Crippen LogP contribution in [0.2, 0.25) is 0 Å². The lowest BCUT2D eigenvalue weighted by atomic mass is 10.0. The van der Waals surface area contributed by atoms with Crippen molar-refractivity contribution >= 4 is 53.4 Å². The highest BCUT2D eigenvalue weighted by Gasteiger charge is 2.18. The minimum atomic E-state index is 1.05. The molecule has 0 amide bonds. The summed E-state index contributed by atoms with van der Waals surface area (Å²) in [5, 5.41) is 3.73. The molecule has 3 heterocycles. The van der Waals surface area contributed by atoms with Gasteiger partial charge in [0.05, 0.1) is 21.4 Å². The number of aromatic amines is 1. The maximum absolute atomic E-state index is 5.05. The maximum Gasteiger partial charge on any atom is 0.0817 e. The summed E-state index contributed by atoms with van der Waals surface area (Å²) in [6.45, 7) is 0. The van der Waals surface area contributed by atoms with E-state index in [1.807, 2.05) is 17.4 Å². The third kappa shape index (κ3) is 1.83. The van der Waals surface area contributed by atoms with Crippen molar-refractivity contribution in [2.24, 2.45) is 0 Å². The number of rotatable bonds is 1. The van der Waals surface area contributed by atoms with Gasteiger partial charge in [0, 0.05) is 31.9 Å². The van der Waals surface area contributed by atoms with Crippen LogP contribution in [0.3, 0.4) is 0 Å². The van der Waals surface area contributed by atoms with Crippen LogP contribution in [-0.2, 0) is 0 Å². The molecular weight excluding hydrogens is 336 g/mol. The molecule has 0 aliphatic rings. The predicted octanol–water partition coefficient (Wildman–Crippen LogP) is 6.75. The number of benzene rings is 3. The number of hydrogen-bond acceptors (Lipinski definition) is 2. The van der Waals surface area contributed by atoms with Crippen LogP contribution in [-0.4, -0.2) is 9.97 Å². The first kappa shape index (κ1) is 14.0. The molecule has 6 aromatic rings. The fourth-order valence-electron chi connectivity index (χ4n) is 3.82. The molecule has 1 N–H and O–H groups in total. The Morgan fingerprint density at radius 1 is 0.692 bits per heavy atom. The van der Waals surface area contributed by atoms with E-state index in [4.69, 9.17) is 4.98 Å². The molecule has 0 radical (unpaired) electrons. The third-order valence-electron chi connectivity index (χ3n) is 5.00. The van der Waals surface area contributed by atoms with Gasteiger partial charge in [0.2, 0.25) is 0 Å². The lowest BCUT2D eigenvalue weighted by Crippen LogP contribution is -1.87. The Morgan fingerprint density at radius 3 is 2.31 bits per heavy atom. The third-order valence-corrected chi connectivity index (χ3v) is 6.26. The molecule has 0 aliphatic carbocycles. The lowest BCUT2D eigenvalue weighted by molar-refractivity contribution is 1.43. The fraction of sp³-hybridized carbons (Fsp3) is 0. The molecule has 3 heteroatoms. The van der Waals surface area contributed by atoms with E-state index in [1.165, 1.54) is 36.6 Å². The van der Waals surface area contributed by atoms with Crippen molar-refractivity contribution in [2.45, 2.75) is 0 Å². The van der Waals surface area contributed by atoms with Gasteiger partial charge in [-0.3, -0.25) is 0 Å². The predicted molar refractivity (Wildman–Crippen MR) is 112 cm³/mol. The zero-order chi connectivity index (χ0) is 17.1. The van der Waals surface area contributed by atoms with Crippen molar-refractivity contribution in [1.29, 1.82) is 0 Å². The molecule has 2 nitrogen and oxygen atoms in total. The second kappa shape index (κ2) is 5.16. The Kier molecular flexibility index (Phi) is 2.79. The summed E-state index contributed by atoms with van der Waals surface area (Å²) >= 11 is 1.86. The van der Waals surface area contributed by atoms with Crippen LogP contribution in [0, 0.1) is 0 Å². The number of H-pyrrole nitrogens is 1. The average molecular weight is 350 g/mol. The Labute approximate surface area is 153 Å². The average Bonchev–Trinajstić information content (AvgIpc) is 3.25. The van der Waals surface area contributed by atoms with Crippen molar-refractivity contribution in [2.75, 3.05) is 0 Å². The first-order valence-corrected chi connectivity index (χ1v) is 9.49. The van der Waals surface area contributed by atoms with Crippen LogP contribution in [0.25, 0.3) is 53.4 Å². The summed E-state index contributed by atoms with van der Waals surface area (Å²) in [5.74, 6) is 0. The van der Waals surface area contributed by atoms with Crippen LogP contribution in [0.4, 0.5) is 0 Å². The van der Waals surface area contributed by atoms with Gasteiger partial charge in [-0.2, -0.15) is 0 Å². The molecule has 0 unspecified atom stereocenters. The van der Waals surface area contributed by atoms with Gasteiger partial charge in [0.15, 0.2) is 0 Å².